The van der Waals surface area contributed by atoms with Gasteiger partial charge in [0.15, 0.2) is 0 Å². The van der Waals surface area contributed by atoms with E-state index in [1.54, 1.807) is 42.6 Å². The standard InChI is InChI=1S/C30H32N4O3S/c1-21-10-9-11-27(17-21)33(38(36,37)28-12-7-6-8-13-28)20-30(35)32-31-19-26-18-24(4)34(25(26)5)29-15-14-22(2)16-23(29)3/h6-19H,20H2,1-5H3,(H,32,35)/b31-19+. The number of sulfonamides is 1. The molecule has 4 aromatic rings. The number of nitrogens with zero attached hydrogens (tertiary/aromatic N) is 3. The van der Waals surface area contributed by atoms with Gasteiger partial charge in [0.05, 0.1) is 16.8 Å². The zero-order chi connectivity index (χ0) is 27.4. The largest absolute Gasteiger partial charge is 0.318 e. The smallest absolute Gasteiger partial charge is 0.264 e. The fraction of sp³-hybridized carbons (Fsp3) is 0.200. The number of aromatic nitrogens is 1. The number of amides is 1. The van der Waals surface area contributed by atoms with Gasteiger partial charge >= 0.3 is 0 Å². The van der Waals surface area contributed by atoms with Crippen LogP contribution in [-0.2, 0) is 14.8 Å². The highest BCUT2D eigenvalue weighted by Crippen LogP contribution is 2.25. The lowest BCUT2D eigenvalue weighted by Crippen LogP contribution is -2.39. The minimum atomic E-state index is -3.97. The highest BCUT2D eigenvalue weighted by molar-refractivity contribution is 7.92. The van der Waals surface area contributed by atoms with Crippen LogP contribution in [0.1, 0.15) is 33.6 Å². The molecule has 0 aliphatic carbocycles. The third kappa shape index (κ3) is 5.70. The van der Waals surface area contributed by atoms with Crippen molar-refractivity contribution >= 4 is 27.8 Å². The van der Waals surface area contributed by atoms with Gasteiger partial charge in [-0.15, -0.1) is 0 Å². The average Bonchev–Trinajstić information content (AvgIpc) is 3.15. The number of anilines is 1. The Hall–Kier alpha value is -4.17. The first-order valence-electron chi connectivity index (χ1n) is 12.3. The van der Waals surface area contributed by atoms with Crippen LogP contribution in [0.3, 0.4) is 0 Å². The molecular formula is C30H32N4O3S. The van der Waals surface area contributed by atoms with Crippen molar-refractivity contribution in [1.82, 2.24) is 9.99 Å². The molecule has 38 heavy (non-hydrogen) atoms. The van der Waals surface area contributed by atoms with Gasteiger partial charge in [0, 0.05) is 22.6 Å². The second-order valence-electron chi connectivity index (χ2n) is 9.41. The van der Waals surface area contributed by atoms with Crippen molar-refractivity contribution in [2.45, 2.75) is 39.5 Å². The lowest BCUT2D eigenvalue weighted by Gasteiger charge is -2.24. The van der Waals surface area contributed by atoms with Gasteiger partial charge in [-0.1, -0.05) is 48.0 Å². The summed E-state index contributed by atoms with van der Waals surface area (Å²) >= 11 is 0. The molecule has 0 saturated carbocycles. The third-order valence-corrected chi connectivity index (χ3v) is 8.15. The number of rotatable bonds is 8. The first-order chi connectivity index (χ1) is 18.1. The Kier molecular flexibility index (Phi) is 7.83. The Bertz CT molecular complexity index is 1610. The maximum absolute atomic E-state index is 13.4. The van der Waals surface area contributed by atoms with Gasteiger partial charge in [0.25, 0.3) is 15.9 Å². The molecule has 1 heterocycles. The van der Waals surface area contributed by atoms with E-state index >= 15 is 0 Å². The van der Waals surface area contributed by atoms with Gasteiger partial charge in [-0.2, -0.15) is 5.10 Å². The second-order valence-corrected chi connectivity index (χ2v) is 11.3. The maximum atomic E-state index is 13.4. The number of carbonyl (C=O) groups is 1. The van der Waals surface area contributed by atoms with Crippen molar-refractivity contribution in [1.29, 1.82) is 0 Å². The Morgan fingerprint density at radius 3 is 2.29 bits per heavy atom. The zero-order valence-electron chi connectivity index (χ0n) is 22.3. The minimum absolute atomic E-state index is 0.108. The van der Waals surface area contributed by atoms with Crippen LogP contribution in [0.4, 0.5) is 5.69 Å². The van der Waals surface area contributed by atoms with Crippen molar-refractivity contribution in [2.75, 3.05) is 10.8 Å². The Morgan fingerprint density at radius 2 is 1.61 bits per heavy atom. The topological polar surface area (TPSA) is 83.8 Å². The number of nitrogens with one attached hydrogen (secondary N) is 1. The molecular weight excluding hydrogens is 496 g/mol. The van der Waals surface area contributed by atoms with Crippen LogP contribution in [-0.4, -0.2) is 31.7 Å². The van der Waals surface area contributed by atoms with Crippen LogP contribution in [0.15, 0.2) is 88.9 Å². The third-order valence-electron chi connectivity index (χ3n) is 6.36. The Morgan fingerprint density at radius 1 is 0.895 bits per heavy atom. The maximum Gasteiger partial charge on any atom is 0.264 e. The summed E-state index contributed by atoms with van der Waals surface area (Å²) in [7, 11) is -3.97. The molecule has 1 N–H and O–H groups in total. The SMILES string of the molecule is Cc1cccc(N(CC(=O)N/N=C/c2cc(C)n(-c3ccc(C)cc3C)c2C)S(=O)(=O)c2ccccc2)c1. The van der Waals surface area contributed by atoms with E-state index in [-0.39, 0.29) is 4.90 Å². The molecule has 0 aliphatic heterocycles. The summed E-state index contributed by atoms with van der Waals surface area (Å²) in [6.45, 7) is 9.63. The number of hydrogen-bond donors (Lipinski definition) is 1. The molecule has 0 saturated heterocycles. The molecule has 0 fully saturated rings. The number of hydrogen-bond acceptors (Lipinski definition) is 4. The van der Waals surface area contributed by atoms with Gasteiger partial charge in [-0.25, -0.2) is 13.8 Å². The molecule has 3 aromatic carbocycles. The molecule has 0 aliphatic rings. The highest BCUT2D eigenvalue weighted by atomic mass is 32.2. The Balaban J connectivity index is 1.56. The van der Waals surface area contributed by atoms with E-state index in [1.807, 2.05) is 32.9 Å². The van der Waals surface area contributed by atoms with Gasteiger partial charge in [0.1, 0.15) is 6.54 Å². The molecule has 0 spiro atoms. The van der Waals surface area contributed by atoms with Crippen LogP contribution >= 0.6 is 0 Å². The van der Waals surface area contributed by atoms with Crippen molar-refractivity contribution in [3.05, 3.63) is 113 Å². The van der Waals surface area contributed by atoms with Crippen molar-refractivity contribution in [2.24, 2.45) is 5.10 Å². The Labute approximate surface area is 224 Å². The van der Waals surface area contributed by atoms with E-state index in [0.29, 0.717) is 5.69 Å². The monoisotopic (exact) mass is 528 g/mol. The van der Waals surface area contributed by atoms with E-state index in [4.69, 9.17) is 0 Å². The van der Waals surface area contributed by atoms with Gasteiger partial charge in [-0.05, 0) is 82.1 Å². The molecule has 0 radical (unpaired) electrons. The molecule has 196 valence electrons. The van der Waals surface area contributed by atoms with Crippen LogP contribution in [0.2, 0.25) is 0 Å². The van der Waals surface area contributed by atoms with E-state index in [0.717, 1.165) is 32.5 Å². The van der Waals surface area contributed by atoms with Crippen molar-refractivity contribution in [3.63, 3.8) is 0 Å². The summed E-state index contributed by atoms with van der Waals surface area (Å²) < 4.78 is 30.2. The highest BCUT2D eigenvalue weighted by Gasteiger charge is 2.27. The lowest BCUT2D eigenvalue weighted by atomic mass is 10.1. The lowest BCUT2D eigenvalue weighted by molar-refractivity contribution is -0.119. The van der Waals surface area contributed by atoms with E-state index in [9.17, 15) is 13.2 Å². The molecule has 0 atom stereocenters. The van der Waals surface area contributed by atoms with Gasteiger partial charge < -0.3 is 4.57 Å². The average molecular weight is 529 g/mol. The minimum Gasteiger partial charge on any atom is -0.318 e. The quantitative estimate of drug-likeness (QED) is 0.247. The van der Waals surface area contributed by atoms with Crippen LogP contribution in [0.25, 0.3) is 5.69 Å². The molecule has 4 rings (SSSR count). The van der Waals surface area contributed by atoms with Crippen LogP contribution in [0, 0.1) is 34.6 Å². The molecule has 7 nitrogen and oxygen atoms in total. The van der Waals surface area contributed by atoms with Gasteiger partial charge in [-0.3, -0.25) is 9.10 Å². The van der Waals surface area contributed by atoms with Crippen molar-refractivity contribution in [3.8, 4) is 5.69 Å². The molecule has 0 unspecified atom stereocenters. The predicted molar refractivity (Wildman–Crippen MR) is 153 cm³/mol. The van der Waals surface area contributed by atoms with Crippen LogP contribution in [0.5, 0.6) is 0 Å². The summed E-state index contributed by atoms with van der Waals surface area (Å²) in [5.41, 5.74) is 10.1. The summed E-state index contributed by atoms with van der Waals surface area (Å²) in [6, 6.07) is 23.4. The molecule has 8 heteroatoms. The van der Waals surface area contributed by atoms with E-state index in [1.165, 1.54) is 23.3 Å². The number of carbonyl (C=O) groups excluding carboxylic acids is 1. The molecule has 1 aromatic heterocycles. The normalized spacial score (nSPS) is 11.6. The number of benzene rings is 3. The summed E-state index contributed by atoms with van der Waals surface area (Å²) in [6.07, 6.45) is 1.59. The summed E-state index contributed by atoms with van der Waals surface area (Å²) in [4.78, 5) is 13.0. The number of aryl methyl sites for hydroxylation is 4. The van der Waals surface area contributed by atoms with E-state index < -0.39 is 22.5 Å². The van der Waals surface area contributed by atoms with Crippen molar-refractivity contribution < 1.29 is 13.2 Å². The van der Waals surface area contributed by atoms with Gasteiger partial charge in [0.2, 0.25) is 0 Å². The van der Waals surface area contributed by atoms with Crippen LogP contribution < -0.4 is 9.73 Å². The summed E-state index contributed by atoms with van der Waals surface area (Å²) in [5.74, 6) is -0.551. The fourth-order valence-corrected chi connectivity index (χ4v) is 5.94. The first kappa shape index (κ1) is 26.9. The fourth-order valence-electron chi connectivity index (χ4n) is 4.50. The molecule has 1 amide bonds. The molecule has 0 bridgehead atoms. The summed E-state index contributed by atoms with van der Waals surface area (Å²) in [5, 5.41) is 4.15. The second kappa shape index (κ2) is 11.1. The van der Waals surface area contributed by atoms with E-state index in [2.05, 4.69) is 47.1 Å². The predicted octanol–water partition coefficient (Wildman–Crippen LogP) is 5.37. The zero-order valence-corrected chi connectivity index (χ0v) is 23.1. The first-order valence-corrected chi connectivity index (χ1v) is 13.7. The number of hydrazone groups is 1.